The van der Waals surface area contributed by atoms with E-state index in [1.807, 2.05) is 0 Å². The fraction of sp³-hybridized carbons (Fsp3) is 0.462. The molecule has 0 aromatic heterocycles. The van der Waals surface area contributed by atoms with Gasteiger partial charge in [-0.3, -0.25) is 0 Å². The zero-order valence-electron chi connectivity index (χ0n) is 8.51. The fourth-order valence-corrected chi connectivity index (χ4v) is 1.78. The van der Waals surface area contributed by atoms with Gasteiger partial charge in [0.2, 0.25) is 0 Å². The summed E-state index contributed by atoms with van der Waals surface area (Å²) >= 11 is 0. The number of hydrogen-bond acceptors (Lipinski definition) is 0. The molecule has 0 saturated heterocycles. The number of aryl methyl sites for hydroxylation is 1. The molecule has 0 amide bonds. The van der Waals surface area contributed by atoms with Gasteiger partial charge in [-0.05, 0) is 49.7 Å². The molecule has 1 atom stereocenters. The van der Waals surface area contributed by atoms with Gasteiger partial charge in [0.05, 0.1) is 0 Å². The minimum atomic E-state index is 0.414. The Balaban J connectivity index is 2.36. The third-order valence-electron chi connectivity index (χ3n) is 2.74. The molecule has 0 spiro atoms. The Hall–Kier alpha value is -0.780. The van der Waals surface area contributed by atoms with Crippen molar-refractivity contribution in [2.24, 2.45) is 0 Å². The summed E-state index contributed by atoms with van der Waals surface area (Å²) in [4.78, 5) is 0. The van der Waals surface area contributed by atoms with Crippen molar-refractivity contribution < 1.29 is 0 Å². The first-order valence-corrected chi connectivity index (χ1v) is 5.11. The lowest BCUT2D eigenvalue weighted by atomic mass is 9.96. The van der Waals surface area contributed by atoms with Crippen LogP contribution >= 0.6 is 0 Å². The van der Waals surface area contributed by atoms with Crippen LogP contribution in [0.4, 0.5) is 0 Å². The molecule has 1 aliphatic rings. The van der Waals surface area contributed by atoms with E-state index in [2.05, 4.69) is 39.0 Å². The second-order valence-corrected chi connectivity index (χ2v) is 4.35. The van der Waals surface area contributed by atoms with Crippen LogP contribution in [0.1, 0.15) is 48.3 Å². The van der Waals surface area contributed by atoms with Crippen LogP contribution in [0.5, 0.6) is 0 Å². The SMILES string of the molecule is [CH2]C(C)c1cc(C)cc(C2CC2)c1. The van der Waals surface area contributed by atoms with E-state index >= 15 is 0 Å². The summed E-state index contributed by atoms with van der Waals surface area (Å²) in [5.74, 6) is 1.27. The summed E-state index contributed by atoms with van der Waals surface area (Å²) in [5, 5.41) is 0. The van der Waals surface area contributed by atoms with Gasteiger partial charge < -0.3 is 0 Å². The fourth-order valence-electron chi connectivity index (χ4n) is 1.78. The molecule has 13 heavy (non-hydrogen) atoms. The molecule has 1 saturated carbocycles. The number of rotatable bonds is 2. The van der Waals surface area contributed by atoms with Gasteiger partial charge in [-0.2, -0.15) is 0 Å². The summed E-state index contributed by atoms with van der Waals surface area (Å²) < 4.78 is 0. The second-order valence-electron chi connectivity index (χ2n) is 4.35. The van der Waals surface area contributed by atoms with Crippen LogP contribution in [0.25, 0.3) is 0 Å². The maximum absolute atomic E-state index is 4.07. The van der Waals surface area contributed by atoms with Crippen molar-refractivity contribution in [3.05, 3.63) is 41.8 Å². The van der Waals surface area contributed by atoms with Crippen LogP contribution in [0, 0.1) is 13.8 Å². The van der Waals surface area contributed by atoms with Crippen LogP contribution in [0.2, 0.25) is 0 Å². The molecule has 0 heterocycles. The zero-order chi connectivity index (χ0) is 9.42. The van der Waals surface area contributed by atoms with Gasteiger partial charge in [-0.15, -0.1) is 0 Å². The highest BCUT2D eigenvalue weighted by molar-refractivity contribution is 5.35. The van der Waals surface area contributed by atoms with E-state index in [0.29, 0.717) is 5.92 Å². The van der Waals surface area contributed by atoms with Gasteiger partial charge >= 0.3 is 0 Å². The van der Waals surface area contributed by atoms with Crippen molar-refractivity contribution in [3.63, 3.8) is 0 Å². The van der Waals surface area contributed by atoms with Crippen LogP contribution in [0.3, 0.4) is 0 Å². The molecule has 1 radical (unpaired) electrons. The maximum atomic E-state index is 4.07. The molecule has 1 aromatic rings. The molecule has 1 unspecified atom stereocenters. The van der Waals surface area contributed by atoms with E-state index in [-0.39, 0.29) is 0 Å². The van der Waals surface area contributed by atoms with Crippen LogP contribution in [-0.4, -0.2) is 0 Å². The summed E-state index contributed by atoms with van der Waals surface area (Å²) in [6.07, 6.45) is 2.77. The molecule has 1 aromatic carbocycles. The lowest BCUT2D eigenvalue weighted by molar-refractivity contribution is 0.949. The van der Waals surface area contributed by atoms with Crippen LogP contribution < -0.4 is 0 Å². The second kappa shape index (κ2) is 3.17. The molecule has 1 aliphatic carbocycles. The van der Waals surface area contributed by atoms with Crippen molar-refractivity contribution in [2.45, 2.75) is 38.5 Å². The predicted octanol–water partition coefficient (Wildman–Crippen LogP) is 3.81. The van der Waals surface area contributed by atoms with Crippen molar-refractivity contribution in [3.8, 4) is 0 Å². The minimum Gasteiger partial charge on any atom is -0.0584 e. The normalized spacial score (nSPS) is 16.6. The molecule has 0 N–H and O–H groups in total. The van der Waals surface area contributed by atoms with E-state index in [0.717, 1.165) is 5.92 Å². The Kier molecular flexibility index (Phi) is 2.15. The molecule has 69 valence electrons. The van der Waals surface area contributed by atoms with Gasteiger partial charge in [0.1, 0.15) is 0 Å². The van der Waals surface area contributed by atoms with Crippen molar-refractivity contribution in [2.75, 3.05) is 0 Å². The van der Waals surface area contributed by atoms with E-state index in [9.17, 15) is 0 Å². The largest absolute Gasteiger partial charge is 0.0584 e. The summed E-state index contributed by atoms with van der Waals surface area (Å²) in [6, 6.07) is 6.91. The van der Waals surface area contributed by atoms with Gasteiger partial charge in [0, 0.05) is 0 Å². The molecule has 1 fully saturated rings. The maximum Gasteiger partial charge on any atom is -0.0161 e. The Morgan fingerprint density at radius 1 is 1.31 bits per heavy atom. The molecule has 0 heteroatoms. The first-order valence-electron chi connectivity index (χ1n) is 5.11. The zero-order valence-corrected chi connectivity index (χ0v) is 8.51. The van der Waals surface area contributed by atoms with E-state index in [1.54, 1.807) is 0 Å². The quantitative estimate of drug-likeness (QED) is 0.638. The molecule has 0 bridgehead atoms. The molecular weight excluding hydrogens is 156 g/mol. The van der Waals surface area contributed by atoms with Crippen molar-refractivity contribution in [1.82, 2.24) is 0 Å². The number of hydrogen-bond donors (Lipinski definition) is 0. The van der Waals surface area contributed by atoms with Crippen LogP contribution in [-0.2, 0) is 0 Å². The topological polar surface area (TPSA) is 0 Å². The Morgan fingerprint density at radius 2 is 2.00 bits per heavy atom. The average Bonchev–Trinajstić information content (AvgIpc) is 2.85. The predicted molar refractivity (Wildman–Crippen MR) is 56.9 cm³/mol. The van der Waals surface area contributed by atoms with Gasteiger partial charge in [-0.25, -0.2) is 0 Å². The van der Waals surface area contributed by atoms with E-state index in [1.165, 1.54) is 29.5 Å². The minimum absolute atomic E-state index is 0.414. The van der Waals surface area contributed by atoms with Crippen molar-refractivity contribution >= 4 is 0 Å². The highest BCUT2D eigenvalue weighted by atomic mass is 14.3. The van der Waals surface area contributed by atoms with Crippen LogP contribution in [0.15, 0.2) is 18.2 Å². The Labute approximate surface area is 81.0 Å². The highest BCUT2D eigenvalue weighted by Gasteiger charge is 2.23. The van der Waals surface area contributed by atoms with Gasteiger partial charge in [0.15, 0.2) is 0 Å². The standard InChI is InChI=1S/C13H17/c1-9(2)12-6-10(3)7-13(8-12)11-4-5-11/h6-9,11H,1,4-5H2,2-3H3. The van der Waals surface area contributed by atoms with Gasteiger partial charge in [0.25, 0.3) is 0 Å². The first kappa shape index (κ1) is 8.80. The monoisotopic (exact) mass is 173 g/mol. The Bertz CT molecular complexity index is 286. The smallest absolute Gasteiger partial charge is 0.0161 e. The molecule has 0 nitrogen and oxygen atoms in total. The number of benzene rings is 1. The summed E-state index contributed by atoms with van der Waals surface area (Å²) in [5.41, 5.74) is 4.31. The van der Waals surface area contributed by atoms with Crippen molar-refractivity contribution in [1.29, 1.82) is 0 Å². The molecule has 0 aliphatic heterocycles. The molecule has 2 rings (SSSR count). The van der Waals surface area contributed by atoms with E-state index in [4.69, 9.17) is 0 Å². The van der Waals surface area contributed by atoms with Gasteiger partial charge in [-0.1, -0.05) is 30.7 Å². The average molecular weight is 173 g/mol. The summed E-state index contributed by atoms with van der Waals surface area (Å²) in [6.45, 7) is 8.41. The molecular formula is C13H17. The van der Waals surface area contributed by atoms with E-state index < -0.39 is 0 Å². The lowest BCUT2D eigenvalue weighted by Gasteiger charge is -2.09. The first-order chi connectivity index (χ1) is 6.16. The highest BCUT2D eigenvalue weighted by Crippen LogP contribution is 2.41. The summed E-state index contributed by atoms with van der Waals surface area (Å²) in [7, 11) is 0. The third kappa shape index (κ3) is 1.93. The lowest BCUT2D eigenvalue weighted by Crippen LogP contribution is -1.91. The Morgan fingerprint density at radius 3 is 2.54 bits per heavy atom. The third-order valence-corrected chi connectivity index (χ3v) is 2.74.